The number of carboxylic acid groups (broad SMARTS) is 1. The van der Waals surface area contributed by atoms with Crippen LogP contribution in [0.25, 0.3) is 10.9 Å². The number of methoxy groups -OCH3 is 1. The van der Waals surface area contributed by atoms with Crippen molar-refractivity contribution in [1.29, 1.82) is 0 Å². The number of nitrogens with zero attached hydrogens (tertiary/aromatic N) is 3. The molecule has 1 aliphatic rings. The Hall–Kier alpha value is -2.95. The standard InChI is InChI=1S/C24H29N3O6S/c1-17-15-26(34(30,31)19-10-8-18(9-11-19)33-13-5-12-32-2)16-23(17)27-22-7-4-3-6-20(22)21(25-27)14-24(28)29/h3-4,6-11,17,23H,5,12-16H2,1-2H3,(H,28,29)/t17-,23+/m1/s1. The van der Waals surface area contributed by atoms with Crippen LogP contribution in [0.1, 0.15) is 25.1 Å². The molecule has 2 atom stereocenters. The van der Waals surface area contributed by atoms with E-state index in [4.69, 9.17) is 9.47 Å². The zero-order valence-electron chi connectivity index (χ0n) is 19.3. The Morgan fingerprint density at radius 1 is 1.12 bits per heavy atom. The molecule has 1 N–H and O–H groups in total. The molecule has 9 nitrogen and oxygen atoms in total. The van der Waals surface area contributed by atoms with E-state index in [1.54, 1.807) is 36.1 Å². The molecular weight excluding hydrogens is 458 g/mol. The van der Waals surface area contributed by atoms with Crippen LogP contribution in [-0.4, -0.2) is 67.0 Å². The van der Waals surface area contributed by atoms with Crippen molar-refractivity contribution in [2.75, 3.05) is 33.4 Å². The lowest BCUT2D eigenvalue weighted by Crippen LogP contribution is -2.29. The van der Waals surface area contributed by atoms with Crippen LogP contribution in [0.3, 0.4) is 0 Å². The van der Waals surface area contributed by atoms with E-state index in [0.29, 0.717) is 31.2 Å². The molecule has 1 aliphatic heterocycles. The summed E-state index contributed by atoms with van der Waals surface area (Å²) in [6.45, 7) is 3.70. The number of carbonyl (C=O) groups is 1. The topological polar surface area (TPSA) is 111 Å². The highest BCUT2D eigenvalue weighted by molar-refractivity contribution is 7.89. The summed E-state index contributed by atoms with van der Waals surface area (Å²) in [6, 6.07) is 13.7. The molecule has 4 rings (SSSR count). The summed E-state index contributed by atoms with van der Waals surface area (Å²) in [7, 11) is -2.07. The number of sulfonamides is 1. The van der Waals surface area contributed by atoms with E-state index in [1.165, 1.54) is 4.31 Å². The van der Waals surface area contributed by atoms with Crippen LogP contribution < -0.4 is 4.74 Å². The minimum atomic E-state index is -3.70. The van der Waals surface area contributed by atoms with Crippen LogP contribution in [0.4, 0.5) is 0 Å². The molecule has 182 valence electrons. The van der Waals surface area contributed by atoms with Gasteiger partial charge in [0.15, 0.2) is 0 Å². The van der Waals surface area contributed by atoms with Crippen LogP contribution in [0, 0.1) is 5.92 Å². The second-order valence-electron chi connectivity index (χ2n) is 8.51. The molecule has 3 aromatic rings. The minimum Gasteiger partial charge on any atom is -0.494 e. The first kappa shape index (κ1) is 24.2. The number of aliphatic carboxylic acids is 1. The van der Waals surface area contributed by atoms with E-state index >= 15 is 0 Å². The average molecular weight is 488 g/mol. The van der Waals surface area contributed by atoms with E-state index in [1.807, 2.05) is 31.2 Å². The third-order valence-corrected chi connectivity index (χ3v) is 7.93. The second kappa shape index (κ2) is 10.1. The molecule has 0 aliphatic carbocycles. The van der Waals surface area contributed by atoms with Gasteiger partial charge in [-0.3, -0.25) is 9.48 Å². The molecule has 1 saturated heterocycles. The molecule has 0 bridgehead atoms. The van der Waals surface area contributed by atoms with Gasteiger partial charge in [-0.2, -0.15) is 9.40 Å². The van der Waals surface area contributed by atoms with E-state index in [2.05, 4.69) is 5.10 Å². The van der Waals surface area contributed by atoms with Gasteiger partial charge in [0.05, 0.1) is 35.2 Å². The molecule has 0 saturated carbocycles. The van der Waals surface area contributed by atoms with Gasteiger partial charge >= 0.3 is 5.97 Å². The van der Waals surface area contributed by atoms with Crippen molar-refractivity contribution >= 4 is 26.9 Å². The monoisotopic (exact) mass is 487 g/mol. The van der Waals surface area contributed by atoms with Crippen LogP contribution in [-0.2, 0) is 26.0 Å². The Morgan fingerprint density at radius 3 is 2.56 bits per heavy atom. The maximum atomic E-state index is 13.3. The van der Waals surface area contributed by atoms with Crippen molar-refractivity contribution in [3.8, 4) is 5.75 Å². The summed E-state index contributed by atoms with van der Waals surface area (Å²) >= 11 is 0. The van der Waals surface area contributed by atoms with Gasteiger partial charge in [-0.05, 0) is 36.2 Å². The van der Waals surface area contributed by atoms with Crippen molar-refractivity contribution in [2.24, 2.45) is 5.92 Å². The fourth-order valence-electron chi connectivity index (χ4n) is 4.35. The third-order valence-electron chi connectivity index (χ3n) is 6.09. The molecule has 10 heteroatoms. The van der Waals surface area contributed by atoms with Crippen LogP contribution in [0.15, 0.2) is 53.4 Å². The summed E-state index contributed by atoms with van der Waals surface area (Å²) in [5, 5.41) is 14.6. The van der Waals surface area contributed by atoms with Crippen LogP contribution >= 0.6 is 0 Å². The average Bonchev–Trinajstić information content (AvgIpc) is 3.38. The van der Waals surface area contributed by atoms with Gasteiger partial charge in [-0.15, -0.1) is 0 Å². The maximum Gasteiger partial charge on any atom is 0.309 e. The molecule has 2 aromatic carbocycles. The minimum absolute atomic E-state index is 0.000787. The van der Waals surface area contributed by atoms with Gasteiger partial charge in [0.2, 0.25) is 10.0 Å². The first-order valence-corrected chi connectivity index (χ1v) is 12.6. The fourth-order valence-corrected chi connectivity index (χ4v) is 5.91. The molecule has 34 heavy (non-hydrogen) atoms. The van der Waals surface area contributed by atoms with Gasteiger partial charge in [0.25, 0.3) is 0 Å². The number of aromatic nitrogens is 2. The van der Waals surface area contributed by atoms with Gasteiger partial charge in [-0.1, -0.05) is 25.1 Å². The summed E-state index contributed by atoms with van der Waals surface area (Å²) in [6.07, 6.45) is 0.566. The molecule has 0 radical (unpaired) electrons. The van der Waals surface area contributed by atoms with Gasteiger partial charge in [0.1, 0.15) is 5.75 Å². The van der Waals surface area contributed by atoms with E-state index < -0.39 is 16.0 Å². The van der Waals surface area contributed by atoms with Crippen LogP contribution in [0.5, 0.6) is 5.75 Å². The first-order chi connectivity index (χ1) is 16.3. The zero-order chi connectivity index (χ0) is 24.3. The largest absolute Gasteiger partial charge is 0.494 e. The van der Waals surface area contributed by atoms with Crippen molar-refractivity contribution in [2.45, 2.75) is 30.7 Å². The van der Waals surface area contributed by atoms with Gasteiger partial charge in [-0.25, -0.2) is 8.42 Å². The predicted octanol–water partition coefficient (Wildman–Crippen LogP) is 2.96. The summed E-state index contributed by atoms with van der Waals surface area (Å²) < 4.78 is 40.6. The Morgan fingerprint density at radius 2 is 1.85 bits per heavy atom. The number of hydrogen-bond donors (Lipinski definition) is 1. The number of hydrogen-bond acceptors (Lipinski definition) is 6. The Labute approximate surface area is 198 Å². The van der Waals surface area contributed by atoms with Crippen LogP contribution in [0.2, 0.25) is 0 Å². The summed E-state index contributed by atoms with van der Waals surface area (Å²) in [4.78, 5) is 11.5. The Bertz CT molecular complexity index is 1260. The lowest BCUT2D eigenvalue weighted by molar-refractivity contribution is -0.136. The smallest absolute Gasteiger partial charge is 0.309 e. The highest BCUT2D eigenvalue weighted by Crippen LogP contribution is 2.34. The summed E-state index contributed by atoms with van der Waals surface area (Å²) in [5.41, 5.74) is 1.29. The molecule has 1 aromatic heterocycles. The quantitative estimate of drug-likeness (QED) is 0.438. The molecule has 0 unspecified atom stereocenters. The SMILES string of the molecule is COCCCOc1ccc(S(=O)(=O)N2C[C@@H](C)[C@@H](n3nc(CC(=O)O)c4ccccc43)C2)cc1. The lowest BCUT2D eigenvalue weighted by Gasteiger charge is -2.18. The van der Waals surface area contributed by atoms with E-state index in [9.17, 15) is 18.3 Å². The summed E-state index contributed by atoms with van der Waals surface area (Å²) in [5.74, 6) is -0.346. The number of ether oxygens (including phenoxy) is 2. The van der Waals surface area contributed by atoms with Crippen molar-refractivity contribution in [3.05, 3.63) is 54.2 Å². The molecule has 2 heterocycles. The third kappa shape index (κ3) is 4.94. The van der Waals surface area contributed by atoms with Crippen molar-refractivity contribution in [1.82, 2.24) is 14.1 Å². The molecule has 1 fully saturated rings. The fraction of sp³-hybridized carbons (Fsp3) is 0.417. The molecule has 0 spiro atoms. The number of para-hydroxylation sites is 1. The number of benzene rings is 2. The normalized spacial score (nSPS) is 19.0. The van der Waals surface area contributed by atoms with Crippen molar-refractivity contribution in [3.63, 3.8) is 0 Å². The predicted molar refractivity (Wildman–Crippen MR) is 126 cm³/mol. The van der Waals surface area contributed by atoms with Gasteiger partial charge in [0, 0.05) is 38.6 Å². The number of carboxylic acids is 1. The maximum absolute atomic E-state index is 13.3. The zero-order valence-corrected chi connectivity index (χ0v) is 20.1. The molecule has 0 amide bonds. The number of fused-ring (bicyclic) bond motifs is 1. The van der Waals surface area contributed by atoms with E-state index in [-0.39, 0.29) is 29.8 Å². The number of rotatable bonds is 10. The van der Waals surface area contributed by atoms with Crippen molar-refractivity contribution < 1.29 is 27.8 Å². The second-order valence-corrected chi connectivity index (χ2v) is 10.4. The first-order valence-electron chi connectivity index (χ1n) is 11.2. The molecular formula is C24H29N3O6S. The lowest BCUT2D eigenvalue weighted by atomic mass is 10.1. The Kier molecular flexibility index (Phi) is 7.20. The Balaban J connectivity index is 1.53. The van der Waals surface area contributed by atoms with E-state index in [0.717, 1.165) is 17.3 Å². The highest BCUT2D eigenvalue weighted by atomic mass is 32.2. The van der Waals surface area contributed by atoms with Gasteiger partial charge < -0.3 is 14.6 Å². The highest BCUT2D eigenvalue weighted by Gasteiger charge is 2.39.